The van der Waals surface area contributed by atoms with Gasteiger partial charge in [-0.15, -0.1) is 0 Å². The van der Waals surface area contributed by atoms with Crippen molar-refractivity contribution in [2.75, 3.05) is 6.61 Å². The lowest BCUT2D eigenvalue weighted by atomic mass is 10.0. The molecule has 0 saturated heterocycles. The van der Waals surface area contributed by atoms with E-state index in [4.69, 9.17) is 22.5 Å². The van der Waals surface area contributed by atoms with Gasteiger partial charge in [0.2, 0.25) is 0 Å². The number of carboxylic acids is 1. The maximum absolute atomic E-state index is 12.0. The summed E-state index contributed by atoms with van der Waals surface area (Å²) in [5, 5.41) is 8.48. The number of hydrogen-bond acceptors (Lipinski definition) is 4. The fourth-order valence-electron chi connectivity index (χ4n) is 5.63. The Labute approximate surface area is 287 Å². The third-order valence-corrected chi connectivity index (χ3v) is 9.19. The molecule has 45 heavy (non-hydrogen) atoms. The molecule has 0 bridgehead atoms. The van der Waals surface area contributed by atoms with Crippen molar-refractivity contribution >= 4 is 24.6 Å². The highest BCUT2D eigenvalue weighted by Crippen LogP contribution is 2.18. The Morgan fingerprint density at radius 3 is 1.22 bits per heavy atom. The molecule has 0 rings (SSSR count). The average Bonchev–Trinajstić information content (AvgIpc) is 2.99. The highest BCUT2D eigenvalue weighted by molar-refractivity contribution is 7.80. The highest BCUT2D eigenvalue weighted by Gasteiger charge is 2.07. The summed E-state index contributed by atoms with van der Waals surface area (Å²) in [6.45, 7) is 11.9. The molecule has 0 aliphatic heterocycles. The zero-order chi connectivity index (χ0) is 33.8. The molecule has 0 saturated carbocycles. The number of hydrogen-bond donors (Lipinski definition) is 2. The van der Waals surface area contributed by atoms with Gasteiger partial charge in [0.1, 0.15) is 0 Å². The quantitative estimate of drug-likeness (QED) is 0.0419. The van der Waals surface area contributed by atoms with E-state index in [1.54, 1.807) is 0 Å². The molecular weight excluding hydrogens is 577 g/mol. The van der Waals surface area contributed by atoms with E-state index in [2.05, 4.69) is 27.7 Å². The molecule has 0 spiro atoms. The van der Waals surface area contributed by atoms with Crippen molar-refractivity contribution in [2.45, 2.75) is 226 Å². The van der Waals surface area contributed by atoms with Gasteiger partial charge in [0.25, 0.3) is 0 Å². The largest absolute Gasteiger partial charge is 0.481 e. The number of carboxylic acid groups (broad SMARTS) is 1. The molecule has 0 aromatic carbocycles. The molecule has 4 nitrogen and oxygen atoms in total. The molecule has 1 N–H and O–H groups in total. The van der Waals surface area contributed by atoms with E-state index in [-0.39, 0.29) is 5.97 Å². The fraction of sp³-hybridized carbons (Fsp3) is 0.950. The van der Waals surface area contributed by atoms with E-state index in [0.717, 1.165) is 43.9 Å². The van der Waals surface area contributed by atoms with Crippen LogP contribution in [0.25, 0.3) is 0 Å². The number of esters is 1. The molecule has 0 aromatic heterocycles. The number of carbonyl (C=O) groups excluding carboxylic acids is 1. The van der Waals surface area contributed by atoms with Crippen LogP contribution < -0.4 is 0 Å². The summed E-state index contributed by atoms with van der Waals surface area (Å²) in [7, 11) is 0. The number of rotatable bonds is 33. The molecule has 0 aromatic rings. The van der Waals surface area contributed by atoms with E-state index >= 15 is 0 Å². The van der Waals surface area contributed by atoms with Crippen LogP contribution in [0.4, 0.5) is 0 Å². The lowest BCUT2D eigenvalue weighted by Crippen LogP contribution is -2.07. The van der Waals surface area contributed by atoms with E-state index < -0.39 is 5.97 Å². The molecule has 0 aliphatic rings. The van der Waals surface area contributed by atoms with Crippen molar-refractivity contribution in [2.24, 2.45) is 11.8 Å². The molecule has 0 fully saturated rings. The van der Waals surface area contributed by atoms with Crippen molar-refractivity contribution in [3.05, 3.63) is 0 Å². The number of aliphatic carboxylic acids is 1. The minimum atomic E-state index is -0.693. The standard InChI is InChI=1S/C35H70O2S.C5H10O2/c1-32(2)26-21-17-13-9-5-6-11-15-19-23-28-34(38)29-25-30-35(36)37-31-24-20-16-12-8-7-10-14-18-22-27-33(3)4;1-2-3-4-5(6)7/h32-34,38H,5-31H2,1-4H3;2-4H2,1H3,(H,6,7). The van der Waals surface area contributed by atoms with Crippen molar-refractivity contribution in [1.29, 1.82) is 0 Å². The lowest BCUT2D eigenvalue weighted by Gasteiger charge is -2.10. The summed E-state index contributed by atoms with van der Waals surface area (Å²) in [4.78, 5) is 21.7. The fourth-order valence-corrected chi connectivity index (χ4v) is 5.99. The second kappa shape index (κ2) is 37.7. The van der Waals surface area contributed by atoms with Crippen LogP contribution in [-0.2, 0) is 14.3 Å². The Morgan fingerprint density at radius 1 is 0.511 bits per heavy atom. The number of ether oxygens (including phenoxy) is 1. The minimum absolute atomic E-state index is 0.0112. The zero-order valence-electron chi connectivity index (χ0n) is 31.1. The van der Waals surface area contributed by atoms with Crippen LogP contribution >= 0.6 is 12.6 Å². The predicted octanol–water partition coefficient (Wildman–Crippen LogP) is 13.5. The molecule has 1 unspecified atom stereocenters. The van der Waals surface area contributed by atoms with Crippen molar-refractivity contribution in [3.8, 4) is 0 Å². The summed E-state index contributed by atoms with van der Waals surface area (Å²) in [6.07, 6.45) is 35.7. The Hall–Kier alpha value is -0.710. The van der Waals surface area contributed by atoms with E-state index in [9.17, 15) is 9.59 Å². The Morgan fingerprint density at radius 2 is 0.867 bits per heavy atom. The minimum Gasteiger partial charge on any atom is -0.481 e. The van der Waals surface area contributed by atoms with Crippen LogP contribution in [0.5, 0.6) is 0 Å². The first-order chi connectivity index (χ1) is 21.7. The zero-order valence-corrected chi connectivity index (χ0v) is 32.0. The summed E-state index contributed by atoms with van der Waals surface area (Å²) in [5.41, 5.74) is 0. The van der Waals surface area contributed by atoms with Crippen LogP contribution in [0.2, 0.25) is 0 Å². The second-order valence-electron chi connectivity index (χ2n) is 14.5. The van der Waals surface area contributed by atoms with Gasteiger partial charge in [-0.25, -0.2) is 0 Å². The van der Waals surface area contributed by atoms with Crippen LogP contribution in [0.15, 0.2) is 0 Å². The van der Waals surface area contributed by atoms with Crippen molar-refractivity contribution in [1.82, 2.24) is 0 Å². The second-order valence-corrected chi connectivity index (χ2v) is 15.2. The van der Waals surface area contributed by atoms with Crippen molar-refractivity contribution < 1.29 is 19.4 Å². The predicted molar refractivity (Wildman–Crippen MR) is 201 cm³/mol. The van der Waals surface area contributed by atoms with Gasteiger partial charge in [0.05, 0.1) is 6.61 Å². The number of thiol groups is 1. The van der Waals surface area contributed by atoms with Crippen LogP contribution in [0.3, 0.4) is 0 Å². The first-order valence-electron chi connectivity index (χ1n) is 19.7. The van der Waals surface area contributed by atoms with E-state index in [1.165, 1.54) is 141 Å². The normalized spacial score (nSPS) is 11.9. The van der Waals surface area contributed by atoms with Crippen molar-refractivity contribution in [3.63, 3.8) is 0 Å². The summed E-state index contributed by atoms with van der Waals surface area (Å²) >= 11 is 4.75. The molecular formula is C40H80O4S. The van der Waals surface area contributed by atoms with E-state index in [0.29, 0.717) is 24.7 Å². The molecule has 5 heteroatoms. The third-order valence-electron chi connectivity index (χ3n) is 8.67. The first-order valence-corrected chi connectivity index (χ1v) is 20.3. The van der Waals surface area contributed by atoms with Crippen LogP contribution in [-0.4, -0.2) is 28.9 Å². The van der Waals surface area contributed by atoms with Gasteiger partial charge in [-0.2, -0.15) is 12.6 Å². The smallest absolute Gasteiger partial charge is 0.305 e. The monoisotopic (exact) mass is 657 g/mol. The molecule has 270 valence electrons. The van der Waals surface area contributed by atoms with Gasteiger partial charge >= 0.3 is 11.9 Å². The molecule has 0 aliphatic carbocycles. The van der Waals surface area contributed by atoms with Gasteiger partial charge in [-0.05, 0) is 43.9 Å². The lowest BCUT2D eigenvalue weighted by molar-refractivity contribution is -0.144. The van der Waals surface area contributed by atoms with Gasteiger partial charge in [0.15, 0.2) is 0 Å². The molecule has 0 radical (unpaired) electrons. The van der Waals surface area contributed by atoms with E-state index in [1.807, 2.05) is 6.92 Å². The van der Waals surface area contributed by atoms with Gasteiger partial charge in [0, 0.05) is 18.1 Å². The summed E-state index contributed by atoms with van der Waals surface area (Å²) in [6, 6.07) is 0. The average molecular weight is 657 g/mol. The Kier molecular flexibility index (Phi) is 38.9. The Balaban J connectivity index is 0. The topological polar surface area (TPSA) is 63.6 Å². The molecule has 0 heterocycles. The van der Waals surface area contributed by atoms with Gasteiger partial charge in [-0.1, -0.05) is 176 Å². The summed E-state index contributed by atoms with van der Waals surface area (Å²) in [5.74, 6) is 1.02. The van der Waals surface area contributed by atoms with Gasteiger partial charge in [-0.3, -0.25) is 9.59 Å². The maximum Gasteiger partial charge on any atom is 0.305 e. The Bertz CT molecular complexity index is 607. The van der Waals surface area contributed by atoms with Crippen LogP contribution in [0, 0.1) is 11.8 Å². The molecule has 0 amide bonds. The molecule has 1 atom stereocenters. The first kappa shape index (κ1) is 46.4. The number of carbonyl (C=O) groups is 2. The third kappa shape index (κ3) is 45.5. The number of unbranched alkanes of at least 4 members (excludes halogenated alkanes) is 19. The highest BCUT2D eigenvalue weighted by atomic mass is 32.1. The summed E-state index contributed by atoms with van der Waals surface area (Å²) < 4.78 is 5.44. The van der Waals surface area contributed by atoms with Gasteiger partial charge < -0.3 is 9.84 Å². The maximum atomic E-state index is 12.0. The SMILES string of the molecule is CC(C)CCCCCCCCCCCCOC(=O)CCCC(S)CCCCCCCCCCCCC(C)C.CCCCC(=O)O. The van der Waals surface area contributed by atoms with Crippen LogP contribution in [0.1, 0.15) is 221 Å².